The minimum atomic E-state index is -0.133. The second-order valence-electron chi connectivity index (χ2n) is 2.12. The van der Waals surface area contributed by atoms with Crippen molar-refractivity contribution in [3.63, 3.8) is 0 Å². The lowest BCUT2D eigenvalue weighted by molar-refractivity contribution is 0.280. The van der Waals surface area contributed by atoms with Crippen LogP contribution in [0.1, 0.15) is 11.1 Å². The number of nitrogens with one attached hydrogen (secondary N) is 1. The van der Waals surface area contributed by atoms with Crippen LogP contribution in [0.4, 0.5) is 0 Å². The Kier molecular flexibility index (Phi) is 1.87. The fraction of sp³-hybridized carbons (Fsp3) is 0.286. The van der Waals surface area contributed by atoms with Crippen molar-refractivity contribution in [2.75, 3.05) is 0 Å². The quantitative estimate of drug-likeness (QED) is 0.583. The minimum Gasteiger partial charge on any atom is -0.392 e. The third-order valence-corrected chi connectivity index (χ3v) is 1.49. The van der Waals surface area contributed by atoms with Crippen molar-refractivity contribution in [1.29, 1.82) is 0 Å². The zero-order valence-corrected chi connectivity index (χ0v) is 5.72. The number of rotatable bonds is 1. The van der Waals surface area contributed by atoms with E-state index in [1.165, 1.54) is 6.20 Å². The van der Waals surface area contributed by atoms with E-state index in [-0.39, 0.29) is 12.2 Å². The maximum absolute atomic E-state index is 10.8. The van der Waals surface area contributed by atoms with Gasteiger partial charge in [0.05, 0.1) is 6.61 Å². The van der Waals surface area contributed by atoms with Gasteiger partial charge in [0.15, 0.2) is 0 Å². The van der Waals surface area contributed by atoms with Gasteiger partial charge in [0.1, 0.15) is 0 Å². The maximum Gasteiger partial charge on any atom is 0.251 e. The second kappa shape index (κ2) is 2.66. The van der Waals surface area contributed by atoms with E-state index in [0.717, 1.165) is 0 Å². The van der Waals surface area contributed by atoms with Crippen LogP contribution in [0, 0.1) is 6.92 Å². The first kappa shape index (κ1) is 7.02. The number of aromatic amines is 1. The molecule has 0 bridgehead atoms. The van der Waals surface area contributed by atoms with Gasteiger partial charge in [-0.2, -0.15) is 0 Å². The molecule has 0 saturated heterocycles. The lowest BCUT2D eigenvalue weighted by Gasteiger charge is -1.97. The van der Waals surface area contributed by atoms with E-state index < -0.39 is 0 Å². The molecule has 3 heteroatoms. The molecule has 0 spiro atoms. The number of hydrogen-bond acceptors (Lipinski definition) is 2. The smallest absolute Gasteiger partial charge is 0.251 e. The van der Waals surface area contributed by atoms with Gasteiger partial charge in [0, 0.05) is 11.8 Å². The predicted molar refractivity (Wildman–Crippen MR) is 37.7 cm³/mol. The van der Waals surface area contributed by atoms with Crippen LogP contribution < -0.4 is 5.56 Å². The Balaban J connectivity index is 3.28. The largest absolute Gasteiger partial charge is 0.392 e. The number of aliphatic hydroxyl groups is 1. The Labute approximate surface area is 58.3 Å². The summed E-state index contributed by atoms with van der Waals surface area (Å²) in [4.78, 5) is 13.3. The maximum atomic E-state index is 10.8. The Morgan fingerprint density at radius 2 is 2.40 bits per heavy atom. The Hall–Kier alpha value is -1.09. The van der Waals surface area contributed by atoms with Gasteiger partial charge in [-0.15, -0.1) is 0 Å². The summed E-state index contributed by atoms with van der Waals surface area (Å²) < 4.78 is 0. The van der Waals surface area contributed by atoms with Crippen LogP contribution >= 0.6 is 0 Å². The van der Waals surface area contributed by atoms with E-state index in [9.17, 15) is 4.79 Å². The summed E-state index contributed by atoms with van der Waals surface area (Å²) >= 11 is 0. The van der Waals surface area contributed by atoms with Crippen molar-refractivity contribution in [3.05, 3.63) is 33.7 Å². The molecule has 0 aliphatic carbocycles. The molecule has 1 rings (SSSR count). The topological polar surface area (TPSA) is 53.1 Å². The highest BCUT2D eigenvalue weighted by Crippen LogP contribution is 1.98. The van der Waals surface area contributed by atoms with E-state index in [1.807, 2.05) is 0 Å². The molecule has 1 heterocycles. The highest BCUT2D eigenvalue weighted by Gasteiger charge is 1.97. The zero-order chi connectivity index (χ0) is 7.56. The van der Waals surface area contributed by atoms with Crippen LogP contribution in [0.15, 0.2) is 17.1 Å². The van der Waals surface area contributed by atoms with Gasteiger partial charge < -0.3 is 10.1 Å². The standard InChI is InChI=1S/C7H9NO2/c1-5-6(4-9)2-3-8-7(5)10/h2-3,9H,4H2,1H3,(H,8,10). The number of aliphatic hydroxyl groups excluding tert-OH is 1. The second-order valence-corrected chi connectivity index (χ2v) is 2.12. The van der Waals surface area contributed by atoms with Crippen molar-refractivity contribution in [2.24, 2.45) is 0 Å². The first-order valence-corrected chi connectivity index (χ1v) is 3.03. The van der Waals surface area contributed by atoms with Crippen molar-refractivity contribution >= 4 is 0 Å². The molecule has 0 saturated carbocycles. The van der Waals surface area contributed by atoms with Crippen LogP contribution in [0.25, 0.3) is 0 Å². The van der Waals surface area contributed by atoms with E-state index in [0.29, 0.717) is 11.1 Å². The van der Waals surface area contributed by atoms with E-state index in [4.69, 9.17) is 5.11 Å². The van der Waals surface area contributed by atoms with Crippen LogP contribution in [0.3, 0.4) is 0 Å². The summed E-state index contributed by atoms with van der Waals surface area (Å²) in [6.45, 7) is 1.61. The molecule has 0 aliphatic heterocycles. The molecule has 0 aliphatic rings. The average molecular weight is 139 g/mol. The molecule has 0 unspecified atom stereocenters. The van der Waals surface area contributed by atoms with Crippen LogP contribution in [-0.2, 0) is 6.61 Å². The molecule has 10 heavy (non-hydrogen) atoms. The molecular weight excluding hydrogens is 130 g/mol. The fourth-order valence-corrected chi connectivity index (χ4v) is 0.768. The number of hydrogen-bond donors (Lipinski definition) is 2. The summed E-state index contributed by atoms with van der Waals surface area (Å²) in [6.07, 6.45) is 1.53. The highest BCUT2D eigenvalue weighted by atomic mass is 16.3. The van der Waals surface area contributed by atoms with E-state index >= 15 is 0 Å². The molecule has 0 atom stereocenters. The lowest BCUT2D eigenvalue weighted by Crippen LogP contribution is -2.10. The lowest BCUT2D eigenvalue weighted by atomic mass is 10.2. The first-order chi connectivity index (χ1) is 4.75. The Morgan fingerprint density at radius 1 is 1.70 bits per heavy atom. The van der Waals surface area contributed by atoms with Crippen molar-refractivity contribution < 1.29 is 5.11 Å². The molecule has 0 radical (unpaired) electrons. The van der Waals surface area contributed by atoms with Crippen molar-refractivity contribution in [2.45, 2.75) is 13.5 Å². The average Bonchev–Trinajstić information content (AvgIpc) is 1.95. The van der Waals surface area contributed by atoms with Gasteiger partial charge >= 0.3 is 0 Å². The summed E-state index contributed by atoms with van der Waals surface area (Å²) in [7, 11) is 0. The van der Waals surface area contributed by atoms with Crippen molar-refractivity contribution in [3.8, 4) is 0 Å². The number of H-pyrrole nitrogens is 1. The molecule has 1 aromatic heterocycles. The van der Waals surface area contributed by atoms with Crippen molar-refractivity contribution in [1.82, 2.24) is 4.98 Å². The molecule has 3 nitrogen and oxygen atoms in total. The van der Waals surface area contributed by atoms with Gasteiger partial charge in [-0.05, 0) is 18.6 Å². The molecule has 0 fully saturated rings. The van der Waals surface area contributed by atoms with Crippen LogP contribution in [-0.4, -0.2) is 10.1 Å². The molecule has 54 valence electrons. The summed E-state index contributed by atoms with van der Waals surface area (Å²) in [5, 5.41) is 8.69. The molecule has 0 amide bonds. The Morgan fingerprint density at radius 3 is 2.90 bits per heavy atom. The molecule has 0 aromatic carbocycles. The minimum absolute atomic E-state index is 0.0737. The van der Waals surface area contributed by atoms with Gasteiger partial charge in [-0.1, -0.05) is 0 Å². The predicted octanol–water partition coefficient (Wildman–Crippen LogP) is 0.176. The molecule has 2 N–H and O–H groups in total. The van der Waals surface area contributed by atoms with Crippen LogP contribution in [0.5, 0.6) is 0 Å². The molecular formula is C7H9NO2. The number of aromatic nitrogens is 1. The van der Waals surface area contributed by atoms with Gasteiger partial charge in [-0.25, -0.2) is 0 Å². The van der Waals surface area contributed by atoms with Gasteiger partial charge in [-0.3, -0.25) is 4.79 Å². The summed E-state index contributed by atoms with van der Waals surface area (Å²) in [5.41, 5.74) is 1.14. The first-order valence-electron chi connectivity index (χ1n) is 3.03. The number of pyridine rings is 1. The fourth-order valence-electron chi connectivity index (χ4n) is 0.768. The zero-order valence-electron chi connectivity index (χ0n) is 5.72. The third kappa shape index (κ3) is 1.09. The molecule has 1 aromatic rings. The summed E-state index contributed by atoms with van der Waals surface area (Å²) in [6, 6.07) is 1.69. The monoisotopic (exact) mass is 139 g/mol. The van der Waals surface area contributed by atoms with E-state index in [2.05, 4.69) is 4.98 Å². The SMILES string of the molecule is Cc1c(CO)cc[nH]c1=O. The highest BCUT2D eigenvalue weighted by molar-refractivity contribution is 5.20. The van der Waals surface area contributed by atoms with Gasteiger partial charge in [0.25, 0.3) is 5.56 Å². The normalized spacial score (nSPS) is 9.80. The Bertz CT molecular complexity index is 277. The van der Waals surface area contributed by atoms with Gasteiger partial charge in [0.2, 0.25) is 0 Å². The summed E-state index contributed by atoms with van der Waals surface area (Å²) in [5.74, 6) is 0. The van der Waals surface area contributed by atoms with Crippen LogP contribution in [0.2, 0.25) is 0 Å². The third-order valence-electron chi connectivity index (χ3n) is 1.49. The van der Waals surface area contributed by atoms with E-state index in [1.54, 1.807) is 13.0 Å².